The van der Waals surface area contributed by atoms with E-state index in [0.29, 0.717) is 0 Å². The highest BCUT2D eigenvalue weighted by atomic mass is 32.2. The van der Waals surface area contributed by atoms with Gasteiger partial charge in [-0.15, -0.1) is 0 Å². The molecule has 0 unspecified atom stereocenters. The first-order valence-electron chi connectivity index (χ1n) is 3.72. The Morgan fingerprint density at radius 2 is 1.79 bits per heavy atom. The quantitative estimate of drug-likeness (QED) is 0.771. The predicted octanol–water partition coefficient (Wildman–Crippen LogP) is 0.355. The number of hydrogen-bond acceptors (Lipinski definition) is 4. The smallest absolute Gasteiger partial charge is 0.330 e. The molecular formula is C8H9NO4S. The van der Waals surface area contributed by atoms with E-state index in [0.717, 1.165) is 5.56 Å². The summed E-state index contributed by atoms with van der Waals surface area (Å²) in [5.74, 6) is -0.979. The van der Waals surface area contributed by atoms with Crippen molar-refractivity contribution >= 4 is 16.3 Å². The number of rotatable bonds is 2. The number of benzene rings is 1. The van der Waals surface area contributed by atoms with Gasteiger partial charge in [0.25, 0.3) is 0 Å². The summed E-state index contributed by atoms with van der Waals surface area (Å²) in [6.07, 6.45) is 0. The monoisotopic (exact) mass is 215 g/mol. The van der Waals surface area contributed by atoms with Crippen LogP contribution in [-0.4, -0.2) is 14.4 Å². The van der Waals surface area contributed by atoms with E-state index in [-0.39, 0.29) is 5.56 Å². The molecule has 0 aromatic heterocycles. The first kappa shape index (κ1) is 10.7. The van der Waals surface area contributed by atoms with Gasteiger partial charge in [-0.2, -0.15) is 13.6 Å². The minimum Gasteiger partial charge on any atom is -0.330 e. The molecule has 76 valence electrons. The van der Waals surface area contributed by atoms with E-state index >= 15 is 0 Å². The summed E-state index contributed by atoms with van der Waals surface area (Å²) in [5, 5.41) is 4.53. The Morgan fingerprint density at radius 3 is 2.21 bits per heavy atom. The van der Waals surface area contributed by atoms with Crippen molar-refractivity contribution < 1.29 is 17.4 Å². The van der Waals surface area contributed by atoms with E-state index in [1.165, 1.54) is 12.1 Å². The van der Waals surface area contributed by atoms with Crippen LogP contribution in [0.2, 0.25) is 0 Å². The number of nitrogens with two attached hydrogens (primary N) is 1. The van der Waals surface area contributed by atoms with Gasteiger partial charge >= 0.3 is 16.3 Å². The summed E-state index contributed by atoms with van der Waals surface area (Å²) in [6.45, 7) is 1.84. The van der Waals surface area contributed by atoms with Gasteiger partial charge in [0.2, 0.25) is 0 Å². The van der Waals surface area contributed by atoms with Crippen LogP contribution in [0.1, 0.15) is 15.9 Å². The van der Waals surface area contributed by atoms with Crippen LogP contribution >= 0.6 is 0 Å². The SMILES string of the molecule is Cc1ccc(C(=O)OS(N)(=O)=O)cc1. The fourth-order valence-corrected chi connectivity index (χ4v) is 1.15. The number of hydrogen-bond donors (Lipinski definition) is 1. The topological polar surface area (TPSA) is 86.5 Å². The molecule has 6 heteroatoms. The lowest BCUT2D eigenvalue weighted by atomic mass is 10.2. The lowest BCUT2D eigenvalue weighted by molar-refractivity contribution is 0.0747. The van der Waals surface area contributed by atoms with Crippen LogP contribution in [0.15, 0.2) is 24.3 Å². The summed E-state index contributed by atoms with van der Waals surface area (Å²) in [5.41, 5.74) is 1.10. The van der Waals surface area contributed by atoms with Crippen LogP contribution in [-0.2, 0) is 14.5 Å². The molecule has 0 saturated carbocycles. The molecule has 0 radical (unpaired) electrons. The lowest BCUT2D eigenvalue weighted by Crippen LogP contribution is -2.20. The van der Waals surface area contributed by atoms with Gasteiger partial charge in [0.15, 0.2) is 0 Å². The molecule has 0 bridgehead atoms. The molecule has 2 N–H and O–H groups in total. The van der Waals surface area contributed by atoms with Crippen molar-refractivity contribution in [1.29, 1.82) is 0 Å². The molecule has 0 spiro atoms. The van der Waals surface area contributed by atoms with E-state index in [2.05, 4.69) is 9.32 Å². The van der Waals surface area contributed by atoms with Crippen molar-refractivity contribution in [2.45, 2.75) is 6.92 Å². The third-order valence-corrected chi connectivity index (χ3v) is 1.86. The Balaban J connectivity index is 2.86. The van der Waals surface area contributed by atoms with Gasteiger partial charge in [-0.05, 0) is 19.1 Å². The third-order valence-electron chi connectivity index (χ3n) is 1.48. The van der Waals surface area contributed by atoms with Gasteiger partial charge in [0.1, 0.15) is 0 Å². The Morgan fingerprint density at radius 1 is 1.29 bits per heavy atom. The van der Waals surface area contributed by atoms with Gasteiger partial charge < -0.3 is 4.18 Å². The van der Waals surface area contributed by atoms with Crippen molar-refractivity contribution in [3.8, 4) is 0 Å². The lowest BCUT2D eigenvalue weighted by Gasteiger charge is -2.00. The molecule has 0 aliphatic heterocycles. The zero-order valence-corrected chi connectivity index (χ0v) is 8.24. The zero-order valence-electron chi connectivity index (χ0n) is 7.43. The molecule has 0 fully saturated rings. The average molecular weight is 215 g/mol. The van der Waals surface area contributed by atoms with E-state index in [1.54, 1.807) is 12.1 Å². The van der Waals surface area contributed by atoms with Gasteiger partial charge in [-0.1, -0.05) is 17.7 Å². The van der Waals surface area contributed by atoms with Crippen LogP contribution in [0.4, 0.5) is 0 Å². The summed E-state index contributed by atoms with van der Waals surface area (Å²) in [4.78, 5) is 11.1. The van der Waals surface area contributed by atoms with Gasteiger partial charge in [0, 0.05) is 0 Å². The normalized spacial score (nSPS) is 11.0. The second-order valence-electron chi connectivity index (χ2n) is 2.73. The maximum Gasteiger partial charge on any atom is 0.382 e. The molecule has 0 aliphatic rings. The Labute approximate surface area is 81.7 Å². The van der Waals surface area contributed by atoms with Crippen molar-refractivity contribution in [2.24, 2.45) is 5.14 Å². The Bertz CT molecular complexity index is 435. The van der Waals surface area contributed by atoms with Crippen LogP contribution in [0.3, 0.4) is 0 Å². The van der Waals surface area contributed by atoms with Crippen molar-refractivity contribution in [1.82, 2.24) is 0 Å². The van der Waals surface area contributed by atoms with E-state index in [4.69, 9.17) is 0 Å². The molecule has 14 heavy (non-hydrogen) atoms. The summed E-state index contributed by atoms with van der Waals surface area (Å²) in [6, 6.07) is 6.26. The maximum absolute atomic E-state index is 11.1. The molecule has 0 atom stereocenters. The first-order chi connectivity index (χ1) is 6.38. The molecule has 1 aromatic rings. The summed E-state index contributed by atoms with van der Waals surface area (Å²) >= 11 is 0. The molecule has 1 rings (SSSR count). The molecule has 0 saturated heterocycles. The largest absolute Gasteiger partial charge is 0.382 e. The summed E-state index contributed by atoms with van der Waals surface area (Å²) < 4.78 is 24.8. The molecule has 0 amide bonds. The highest BCUT2D eigenvalue weighted by Crippen LogP contribution is 2.05. The molecule has 5 nitrogen and oxygen atoms in total. The molecular weight excluding hydrogens is 206 g/mol. The second kappa shape index (κ2) is 3.77. The minimum absolute atomic E-state index is 0.143. The standard InChI is InChI=1S/C8H9NO4S/c1-6-2-4-7(5-3-6)8(10)13-14(9,11)12/h2-5H,1H3,(H2,9,11,12). The van der Waals surface area contributed by atoms with Gasteiger partial charge in [0.05, 0.1) is 5.56 Å². The highest BCUT2D eigenvalue weighted by Gasteiger charge is 2.13. The average Bonchev–Trinajstić information content (AvgIpc) is 2.02. The molecule has 0 heterocycles. The number of carbonyl (C=O) groups is 1. The van der Waals surface area contributed by atoms with Crippen LogP contribution in [0.5, 0.6) is 0 Å². The van der Waals surface area contributed by atoms with Crippen LogP contribution in [0.25, 0.3) is 0 Å². The fourth-order valence-electron chi connectivity index (χ4n) is 0.843. The van der Waals surface area contributed by atoms with Crippen molar-refractivity contribution in [3.63, 3.8) is 0 Å². The fraction of sp³-hybridized carbons (Fsp3) is 0.125. The van der Waals surface area contributed by atoms with Crippen LogP contribution in [0, 0.1) is 6.92 Å². The highest BCUT2D eigenvalue weighted by molar-refractivity contribution is 7.84. The second-order valence-corrected chi connectivity index (χ2v) is 3.88. The third kappa shape index (κ3) is 3.15. The minimum atomic E-state index is -4.23. The number of aryl methyl sites for hydroxylation is 1. The Kier molecular flexibility index (Phi) is 2.87. The van der Waals surface area contributed by atoms with Crippen LogP contribution < -0.4 is 5.14 Å². The summed E-state index contributed by atoms with van der Waals surface area (Å²) in [7, 11) is -4.23. The molecule has 1 aromatic carbocycles. The first-order valence-corrected chi connectivity index (χ1v) is 5.19. The van der Waals surface area contributed by atoms with Crippen molar-refractivity contribution in [2.75, 3.05) is 0 Å². The Hall–Kier alpha value is -1.40. The van der Waals surface area contributed by atoms with E-state index in [1.807, 2.05) is 6.92 Å². The van der Waals surface area contributed by atoms with Gasteiger partial charge in [-0.25, -0.2) is 4.79 Å². The maximum atomic E-state index is 11.1. The van der Waals surface area contributed by atoms with Crippen molar-refractivity contribution in [3.05, 3.63) is 35.4 Å². The molecule has 0 aliphatic carbocycles. The predicted molar refractivity (Wildman–Crippen MR) is 49.7 cm³/mol. The van der Waals surface area contributed by atoms with E-state index in [9.17, 15) is 13.2 Å². The zero-order chi connectivity index (χ0) is 10.8. The van der Waals surface area contributed by atoms with Gasteiger partial charge in [-0.3, -0.25) is 0 Å². The number of carbonyl (C=O) groups excluding carboxylic acids is 1. The van der Waals surface area contributed by atoms with E-state index < -0.39 is 16.3 Å².